The van der Waals surface area contributed by atoms with Crippen LogP contribution < -0.4 is 10.5 Å². The Bertz CT molecular complexity index is 536. The van der Waals surface area contributed by atoms with E-state index in [0.29, 0.717) is 24.7 Å². The van der Waals surface area contributed by atoms with E-state index < -0.39 is 0 Å². The number of fused-ring (bicyclic) bond motifs is 1. The first-order valence-corrected chi connectivity index (χ1v) is 5.65. The molecule has 17 heavy (non-hydrogen) atoms. The quantitative estimate of drug-likeness (QED) is 0.858. The molecule has 1 aliphatic rings. The average Bonchev–Trinajstić information content (AvgIpc) is 2.96. The van der Waals surface area contributed by atoms with Gasteiger partial charge in [0.2, 0.25) is 0 Å². The molecule has 5 heteroatoms. The highest BCUT2D eigenvalue weighted by Crippen LogP contribution is 2.29. The van der Waals surface area contributed by atoms with E-state index in [1.165, 1.54) is 5.56 Å². The lowest BCUT2D eigenvalue weighted by atomic mass is 10.1. The van der Waals surface area contributed by atoms with Crippen LogP contribution >= 0.6 is 0 Å². The Hall–Kier alpha value is -1.88. The predicted molar refractivity (Wildman–Crippen MR) is 61.7 cm³/mol. The molecule has 1 aromatic heterocycles. The zero-order valence-corrected chi connectivity index (χ0v) is 9.35. The van der Waals surface area contributed by atoms with Crippen molar-refractivity contribution in [1.82, 2.24) is 10.1 Å². The molecule has 0 saturated heterocycles. The summed E-state index contributed by atoms with van der Waals surface area (Å²) in [5.41, 5.74) is 7.57. The molecule has 1 aliphatic heterocycles. The van der Waals surface area contributed by atoms with Crippen molar-refractivity contribution in [1.29, 1.82) is 0 Å². The summed E-state index contributed by atoms with van der Waals surface area (Å²) in [4.78, 5) is 4.30. The molecule has 88 valence electrons. The standard InChI is InChI=1S/C12H13N3O2/c13-5-3-11-14-12(17-15-11)9-1-2-10-8(7-9)4-6-16-10/h1-2,7H,3-6,13H2. The van der Waals surface area contributed by atoms with Crippen molar-refractivity contribution in [2.45, 2.75) is 12.8 Å². The Morgan fingerprint density at radius 1 is 1.35 bits per heavy atom. The van der Waals surface area contributed by atoms with Crippen molar-refractivity contribution in [3.05, 3.63) is 29.6 Å². The van der Waals surface area contributed by atoms with Gasteiger partial charge in [0.05, 0.1) is 6.61 Å². The van der Waals surface area contributed by atoms with Gasteiger partial charge in [-0.15, -0.1) is 0 Å². The summed E-state index contributed by atoms with van der Waals surface area (Å²) in [5, 5.41) is 3.88. The first-order valence-electron chi connectivity index (χ1n) is 5.65. The van der Waals surface area contributed by atoms with Gasteiger partial charge in [-0.05, 0) is 30.3 Å². The first kappa shape index (κ1) is 10.3. The molecule has 0 spiro atoms. The van der Waals surface area contributed by atoms with Crippen LogP contribution in [0.3, 0.4) is 0 Å². The third kappa shape index (κ3) is 1.89. The highest BCUT2D eigenvalue weighted by molar-refractivity contribution is 5.58. The summed E-state index contributed by atoms with van der Waals surface area (Å²) in [6, 6.07) is 5.93. The second-order valence-corrected chi connectivity index (χ2v) is 3.98. The molecule has 0 amide bonds. The van der Waals surface area contributed by atoms with Crippen LogP contribution in [-0.2, 0) is 12.8 Å². The summed E-state index contributed by atoms with van der Waals surface area (Å²) in [6.45, 7) is 1.28. The molecular formula is C12H13N3O2. The number of hydrogen-bond acceptors (Lipinski definition) is 5. The average molecular weight is 231 g/mol. The van der Waals surface area contributed by atoms with E-state index >= 15 is 0 Å². The van der Waals surface area contributed by atoms with Gasteiger partial charge in [-0.3, -0.25) is 0 Å². The number of aromatic nitrogens is 2. The molecule has 0 aliphatic carbocycles. The molecule has 2 heterocycles. The third-order valence-corrected chi connectivity index (χ3v) is 2.77. The fraction of sp³-hybridized carbons (Fsp3) is 0.333. The molecule has 0 unspecified atom stereocenters. The lowest BCUT2D eigenvalue weighted by Crippen LogP contribution is -2.03. The Balaban J connectivity index is 1.92. The Morgan fingerprint density at radius 2 is 2.29 bits per heavy atom. The van der Waals surface area contributed by atoms with E-state index in [0.717, 1.165) is 24.3 Å². The maximum Gasteiger partial charge on any atom is 0.257 e. The topological polar surface area (TPSA) is 74.2 Å². The first-order chi connectivity index (χ1) is 8.36. The van der Waals surface area contributed by atoms with E-state index in [1.54, 1.807) is 0 Å². The molecule has 0 atom stereocenters. The highest BCUT2D eigenvalue weighted by Gasteiger charge is 2.15. The van der Waals surface area contributed by atoms with Crippen molar-refractivity contribution in [3.63, 3.8) is 0 Å². The Kier molecular flexibility index (Phi) is 2.53. The maximum absolute atomic E-state index is 5.45. The second kappa shape index (κ2) is 4.18. The van der Waals surface area contributed by atoms with Crippen molar-refractivity contribution < 1.29 is 9.26 Å². The molecule has 3 rings (SSSR count). The van der Waals surface area contributed by atoms with Crippen LogP contribution in [0.4, 0.5) is 0 Å². The van der Waals surface area contributed by atoms with Crippen LogP contribution in [0.1, 0.15) is 11.4 Å². The van der Waals surface area contributed by atoms with Crippen LogP contribution in [0.2, 0.25) is 0 Å². The maximum atomic E-state index is 5.45. The summed E-state index contributed by atoms with van der Waals surface area (Å²) in [6.07, 6.45) is 1.57. The SMILES string of the molecule is NCCc1noc(-c2ccc3c(c2)CCO3)n1. The second-order valence-electron chi connectivity index (χ2n) is 3.98. The van der Waals surface area contributed by atoms with Gasteiger partial charge in [-0.2, -0.15) is 4.98 Å². The van der Waals surface area contributed by atoms with Gasteiger partial charge in [-0.1, -0.05) is 5.16 Å². The lowest BCUT2D eigenvalue weighted by Gasteiger charge is -1.99. The predicted octanol–water partition coefficient (Wildman–Crippen LogP) is 1.17. The minimum Gasteiger partial charge on any atom is -0.493 e. The number of benzene rings is 1. The van der Waals surface area contributed by atoms with E-state index in [1.807, 2.05) is 18.2 Å². The zero-order valence-electron chi connectivity index (χ0n) is 9.35. The monoisotopic (exact) mass is 231 g/mol. The van der Waals surface area contributed by atoms with Gasteiger partial charge < -0.3 is 15.0 Å². The van der Waals surface area contributed by atoms with E-state index in [4.69, 9.17) is 15.0 Å². The molecule has 0 fully saturated rings. The molecule has 0 radical (unpaired) electrons. The van der Waals surface area contributed by atoms with Crippen molar-refractivity contribution >= 4 is 0 Å². The number of ether oxygens (including phenoxy) is 1. The van der Waals surface area contributed by atoms with Gasteiger partial charge in [0.15, 0.2) is 5.82 Å². The number of nitrogens with two attached hydrogens (primary N) is 1. The zero-order chi connectivity index (χ0) is 11.7. The van der Waals surface area contributed by atoms with Crippen molar-refractivity contribution in [3.8, 4) is 17.2 Å². The summed E-state index contributed by atoms with van der Waals surface area (Å²) < 4.78 is 10.7. The number of rotatable bonds is 3. The van der Waals surface area contributed by atoms with E-state index in [-0.39, 0.29) is 0 Å². The minimum atomic E-state index is 0.525. The highest BCUT2D eigenvalue weighted by atomic mass is 16.5. The van der Waals surface area contributed by atoms with Gasteiger partial charge in [0.1, 0.15) is 5.75 Å². The van der Waals surface area contributed by atoms with Crippen LogP contribution in [0.15, 0.2) is 22.7 Å². The van der Waals surface area contributed by atoms with Gasteiger partial charge in [0.25, 0.3) is 5.89 Å². The molecule has 5 nitrogen and oxygen atoms in total. The van der Waals surface area contributed by atoms with Gasteiger partial charge in [-0.25, -0.2) is 0 Å². The van der Waals surface area contributed by atoms with Crippen LogP contribution in [0.25, 0.3) is 11.5 Å². The number of hydrogen-bond donors (Lipinski definition) is 1. The van der Waals surface area contributed by atoms with Crippen LogP contribution in [0.5, 0.6) is 5.75 Å². The molecule has 2 aromatic rings. The molecule has 1 aromatic carbocycles. The third-order valence-electron chi connectivity index (χ3n) is 2.77. The normalized spacial score (nSPS) is 13.5. The summed E-state index contributed by atoms with van der Waals surface area (Å²) in [7, 11) is 0. The van der Waals surface area contributed by atoms with Crippen molar-refractivity contribution in [2.75, 3.05) is 13.2 Å². The van der Waals surface area contributed by atoms with E-state index in [9.17, 15) is 0 Å². The molecular weight excluding hydrogens is 218 g/mol. The van der Waals surface area contributed by atoms with Crippen LogP contribution in [-0.4, -0.2) is 23.3 Å². The molecule has 2 N–H and O–H groups in total. The summed E-state index contributed by atoms with van der Waals surface area (Å²) in [5.74, 6) is 2.15. The summed E-state index contributed by atoms with van der Waals surface area (Å²) >= 11 is 0. The Labute approximate surface area is 98.6 Å². The van der Waals surface area contributed by atoms with Gasteiger partial charge >= 0.3 is 0 Å². The van der Waals surface area contributed by atoms with Crippen molar-refractivity contribution in [2.24, 2.45) is 5.73 Å². The van der Waals surface area contributed by atoms with E-state index in [2.05, 4.69) is 10.1 Å². The Morgan fingerprint density at radius 3 is 3.18 bits per heavy atom. The molecule has 0 bridgehead atoms. The fourth-order valence-electron chi connectivity index (χ4n) is 1.92. The largest absolute Gasteiger partial charge is 0.493 e. The molecule has 0 saturated carbocycles. The minimum absolute atomic E-state index is 0.525. The lowest BCUT2D eigenvalue weighted by molar-refractivity contribution is 0.357. The fourth-order valence-corrected chi connectivity index (χ4v) is 1.92. The van der Waals surface area contributed by atoms with Crippen LogP contribution in [0, 0.1) is 0 Å². The number of nitrogens with zero attached hydrogens (tertiary/aromatic N) is 2. The smallest absolute Gasteiger partial charge is 0.257 e. The van der Waals surface area contributed by atoms with Gasteiger partial charge in [0, 0.05) is 18.4 Å².